The van der Waals surface area contributed by atoms with Crippen LogP contribution in [0.3, 0.4) is 0 Å². The number of hydrogen-bond acceptors (Lipinski definition) is 2. The monoisotopic (exact) mass is 155 g/mol. The summed E-state index contributed by atoms with van der Waals surface area (Å²) in [5.74, 6) is 2.94. The fraction of sp³-hybridized carbons (Fsp3) is 1.00. The normalized spacial score (nSPS) is 41.7. The van der Waals surface area contributed by atoms with Gasteiger partial charge in [0.1, 0.15) is 0 Å². The lowest BCUT2D eigenvalue weighted by molar-refractivity contribution is 0.0884. The summed E-state index contributed by atoms with van der Waals surface area (Å²) in [4.78, 5) is 0. The summed E-state index contributed by atoms with van der Waals surface area (Å²) in [5, 5.41) is 3.21. The van der Waals surface area contributed by atoms with Crippen molar-refractivity contribution < 1.29 is 4.74 Å². The van der Waals surface area contributed by atoms with E-state index in [1.165, 1.54) is 19.4 Å². The lowest BCUT2D eigenvalue weighted by Crippen LogP contribution is -2.09. The van der Waals surface area contributed by atoms with Crippen LogP contribution in [0.4, 0.5) is 0 Å². The van der Waals surface area contributed by atoms with Gasteiger partial charge in [-0.2, -0.15) is 0 Å². The van der Waals surface area contributed by atoms with E-state index in [0.717, 1.165) is 31.0 Å². The molecule has 0 spiro atoms. The van der Waals surface area contributed by atoms with Crippen molar-refractivity contribution in [2.45, 2.75) is 12.8 Å². The van der Waals surface area contributed by atoms with Crippen LogP contribution >= 0.6 is 0 Å². The first-order chi connectivity index (χ1) is 5.43. The molecule has 0 radical (unpaired) electrons. The molecule has 2 nitrogen and oxygen atoms in total. The second kappa shape index (κ2) is 3.11. The number of ether oxygens (including phenoxy) is 1. The number of hydrogen-bond donors (Lipinski definition) is 1. The summed E-state index contributed by atoms with van der Waals surface area (Å²) < 4.78 is 5.41. The number of rotatable bonds is 3. The highest BCUT2D eigenvalue weighted by molar-refractivity contribution is 4.98. The molecule has 1 N–H and O–H groups in total. The van der Waals surface area contributed by atoms with Crippen LogP contribution < -0.4 is 5.32 Å². The van der Waals surface area contributed by atoms with Gasteiger partial charge >= 0.3 is 0 Å². The van der Waals surface area contributed by atoms with Crippen LogP contribution in [0.5, 0.6) is 0 Å². The second-order valence-electron chi connectivity index (χ2n) is 3.75. The van der Waals surface area contributed by atoms with Crippen LogP contribution in [0.15, 0.2) is 0 Å². The molecule has 2 rings (SSSR count). The fourth-order valence-electron chi connectivity index (χ4n) is 2.38. The summed E-state index contributed by atoms with van der Waals surface area (Å²) in [6.07, 6.45) is 2.67. The van der Waals surface area contributed by atoms with E-state index in [1.807, 2.05) is 7.05 Å². The van der Waals surface area contributed by atoms with Gasteiger partial charge in [0.05, 0.1) is 0 Å². The van der Waals surface area contributed by atoms with Gasteiger partial charge in [0, 0.05) is 13.2 Å². The van der Waals surface area contributed by atoms with Crippen molar-refractivity contribution >= 4 is 0 Å². The maximum atomic E-state index is 5.41. The van der Waals surface area contributed by atoms with E-state index in [1.54, 1.807) is 0 Å². The smallest absolute Gasteiger partial charge is 0.0499 e. The van der Waals surface area contributed by atoms with Crippen LogP contribution in [0.2, 0.25) is 0 Å². The molecule has 11 heavy (non-hydrogen) atoms. The van der Waals surface area contributed by atoms with Gasteiger partial charge in [-0.05, 0) is 44.2 Å². The summed E-state index contributed by atoms with van der Waals surface area (Å²) >= 11 is 0. The largest absolute Gasteiger partial charge is 0.381 e. The molecule has 1 saturated carbocycles. The van der Waals surface area contributed by atoms with Gasteiger partial charge < -0.3 is 10.1 Å². The maximum Gasteiger partial charge on any atom is 0.0499 e. The Morgan fingerprint density at radius 1 is 1.45 bits per heavy atom. The average Bonchev–Trinajstić information content (AvgIpc) is 2.75. The second-order valence-corrected chi connectivity index (χ2v) is 3.75. The predicted molar refractivity (Wildman–Crippen MR) is 44.4 cm³/mol. The van der Waals surface area contributed by atoms with Gasteiger partial charge in [-0.1, -0.05) is 0 Å². The fourth-order valence-corrected chi connectivity index (χ4v) is 2.38. The molecular formula is C9H17NO. The standard InChI is InChI=1S/C9H17NO/c1-10-4-2-7-8-3-5-11-6-9(7)8/h7-10H,2-6H2,1H3. The van der Waals surface area contributed by atoms with Crippen LogP contribution in [0, 0.1) is 17.8 Å². The van der Waals surface area contributed by atoms with Gasteiger partial charge in [-0.25, -0.2) is 0 Å². The van der Waals surface area contributed by atoms with Crippen molar-refractivity contribution in [3.63, 3.8) is 0 Å². The molecule has 0 bridgehead atoms. The molecule has 3 atom stereocenters. The van der Waals surface area contributed by atoms with Crippen molar-refractivity contribution in [1.82, 2.24) is 5.32 Å². The Morgan fingerprint density at radius 3 is 3.00 bits per heavy atom. The lowest BCUT2D eigenvalue weighted by Gasteiger charge is -2.07. The first-order valence-electron chi connectivity index (χ1n) is 4.66. The SMILES string of the molecule is CNCCC1C2CCOCC12. The molecule has 2 fully saturated rings. The van der Waals surface area contributed by atoms with E-state index >= 15 is 0 Å². The zero-order valence-corrected chi connectivity index (χ0v) is 7.18. The molecule has 1 saturated heterocycles. The lowest BCUT2D eigenvalue weighted by atomic mass is 10.2. The third-order valence-electron chi connectivity index (χ3n) is 3.14. The zero-order chi connectivity index (χ0) is 7.68. The maximum absolute atomic E-state index is 5.41. The Hall–Kier alpha value is -0.0800. The Labute approximate surface area is 68.3 Å². The number of fused-ring (bicyclic) bond motifs is 1. The number of nitrogens with one attached hydrogen (secondary N) is 1. The molecular weight excluding hydrogens is 138 g/mol. The Balaban J connectivity index is 1.72. The molecule has 2 heteroatoms. The third kappa shape index (κ3) is 1.42. The quantitative estimate of drug-likeness (QED) is 0.653. The molecule has 0 amide bonds. The van der Waals surface area contributed by atoms with E-state index in [2.05, 4.69) is 5.32 Å². The molecule has 3 unspecified atom stereocenters. The van der Waals surface area contributed by atoms with Crippen LogP contribution in [0.1, 0.15) is 12.8 Å². The van der Waals surface area contributed by atoms with Crippen molar-refractivity contribution in [2.24, 2.45) is 17.8 Å². The summed E-state index contributed by atoms with van der Waals surface area (Å²) in [7, 11) is 2.03. The van der Waals surface area contributed by atoms with Gasteiger partial charge in [0.25, 0.3) is 0 Å². The van der Waals surface area contributed by atoms with E-state index < -0.39 is 0 Å². The van der Waals surface area contributed by atoms with Crippen LogP contribution in [-0.2, 0) is 4.74 Å². The first kappa shape index (κ1) is 7.56. The van der Waals surface area contributed by atoms with Crippen molar-refractivity contribution in [3.8, 4) is 0 Å². The van der Waals surface area contributed by atoms with Gasteiger partial charge in [-0.15, -0.1) is 0 Å². The zero-order valence-electron chi connectivity index (χ0n) is 7.18. The summed E-state index contributed by atoms with van der Waals surface area (Å²) in [6, 6.07) is 0. The highest BCUT2D eigenvalue weighted by Crippen LogP contribution is 2.52. The van der Waals surface area contributed by atoms with E-state index in [0.29, 0.717) is 0 Å². The van der Waals surface area contributed by atoms with Crippen molar-refractivity contribution in [2.75, 3.05) is 26.8 Å². The van der Waals surface area contributed by atoms with Crippen molar-refractivity contribution in [3.05, 3.63) is 0 Å². The third-order valence-corrected chi connectivity index (χ3v) is 3.14. The van der Waals surface area contributed by atoms with Crippen LogP contribution in [-0.4, -0.2) is 26.8 Å². The average molecular weight is 155 g/mol. The topological polar surface area (TPSA) is 21.3 Å². The van der Waals surface area contributed by atoms with Crippen molar-refractivity contribution in [1.29, 1.82) is 0 Å². The van der Waals surface area contributed by atoms with Crippen LogP contribution in [0.25, 0.3) is 0 Å². The highest BCUT2D eigenvalue weighted by Gasteiger charge is 2.50. The minimum Gasteiger partial charge on any atom is -0.381 e. The molecule has 0 aromatic heterocycles. The predicted octanol–water partition coefficient (Wildman–Crippen LogP) is 0.878. The molecule has 0 aromatic carbocycles. The summed E-state index contributed by atoms with van der Waals surface area (Å²) in [6.45, 7) is 3.23. The van der Waals surface area contributed by atoms with Gasteiger partial charge in [0.2, 0.25) is 0 Å². The van der Waals surface area contributed by atoms with Gasteiger partial charge in [0.15, 0.2) is 0 Å². The van der Waals surface area contributed by atoms with E-state index in [-0.39, 0.29) is 0 Å². The minimum atomic E-state index is 0.928. The van der Waals surface area contributed by atoms with E-state index in [4.69, 9.17) is 4.74 Å². The summed E-state index contributed by atoms with van der Waals surface area (Å²) in [5.41, 5.74) is 0. The molecule has 2 aliphatic rings. The molecule has 1 aliphatic heterocycles. The van der Waals surface area contributed by atoms with E-state index in [9.17, 15) is 0 Å². The Morgan fingerprint density at radius 2 is 2.36 bits per heavy atom. The highest BCUT2D eigenvalue weighted by atomic mass is 16.5. The first-order valence-corrected chi connectivity index (χ1v) is 4.66. The molecule has 0 aromatic rings. The minimum absolute atomic E-state index is 0.928. The Bertz CT molecular complexity index is 126. The Kier molecular flexibility index (Phi) is 2.14. The molecule has 1 heterocycles. The van der Waals surface area contributed by atoms with Gasteiger partial charge in [-0.3, -0.25) is 0 Å². The molecule has 1 aliphatic carbocycles. The molecule has 64 valence electrons.